The first kappa shape index (κ1) is 19.6. The van der Waals surface area contributed by atoms with Gasteiger partial charge in [0.25, 0.3) is 0 Å². The van der Waals surface area contributed by atoms with Crippen molar-refractivity contribution in [2.45, 2.75) is 13.0 Å². The SMILES string of the molecule is [CH2]Cc1cccc2ccn(Cc3cccc(/C=C/c4ccc5ccc(Cl)cc5n4)c3)c12. The Hall–Kier alpha value is -3.36. The molecule has 0 unspecified atom stereocenters. The summed E-state index contributed by atoms with van der Waals surface area (Å²) in [7, 11) is 0. The number of rotatable bonds is 5. The molecule has 5 rings (SSSR count). The van der Waals surface area contributed by atoms with E-state index in [1.165, 1.54) is 22.0 Å². The summed E-state index contributed by atoms with van der Waals surface area (Å²) in [6, 6.07) is 27.1. The van der Waals surface area contributed by atoms with Crippen LogP contribution in [0.4, 0.5) is 0 Å². The normalized spacial score (nSPS) is 11.7. The maximum absolute atomic E-state index is 6.11. The summed E-state index contributed by atoms with van der Waals surface area (Å²) in [6.45, 7) is 4.92. The average molecular weight is 422 g/mol. The van der Waals surface area contributed by atoms with Gasteiger partial charge in [-0.15, -0.1) is 0 Å². The fraction of sp³-hybridized carbons (Fsp3) is 0.0714. The van der Waals surface area contributed by atoms with E-state index in [1.54, 1.807) is 0 Å². The largest absolute Gasteiger partial charge is 0.343 e. The van der Waals surface area contributed by atoms with Crippen LogP contribution < -0.4 is 0 Å². The van der Waals surface area contributed by atoms with E-state index in [0.717, 1.165) is 35.1 Å². The van der Waals surface area contributed by atoms with Gasteiger partial charge in [0.2, 0.25) is 0 Å². The van der Waals surface area contributed by atoms with Crippen molar-refractivity contribution in [3.05, 3.63) is 119 Å². The lowest BCUT2D eigenvalue weighted by molar-refractivity contribution is 0.832. The van der Waals surface area contributed by atoms with Gasteiger partial charge in [0.1, 0.15) is 0 Å². The van der Waals surface area contributed by atoms with Crippen molar-refractivity contribution in [3.8, 4) is 0 Å². The lowest BCUT2D eigenvalue weighted by Crippen LogP contribution is -2.00. The minimum Gasteiger partial charge on any atom is -0.343 e. The number of fused-ring (bicyclic) bond motifs is 2. The van der Waals surface area contributed by atoms with E-state index in [-0.39, 0.29) is 0 Å². The number of nitrogens with zero attached hydrogens (tertiary/aromatic N) is 2. The molecule has 1 radical (unpaired) electrons. The fourth-order valence-electron chi connectivity index (χ4n) is 4.05. The molecule has 31 heavy (non-hydrogen) atoms. The van der Waals surface area contributed by atoms with E-state index >= 15 is 0 Å². The Labute approximate surface area is 187 Å². The summed E-state index contributed by atoms with van der Waals surface area (Å²) < 4.78 is 2.31. The summed E-state index contributed by atoms with van der Waals surface area (Å²) in [4.78, 5) is 4.71. The Balaban J connectivity index is 1.41. The van der Waals surface area contributed by atoms with E-state index < -0.39 is 0 Å². The molecular weight excluding hydrogens is 400 g/mol. The zero-order valence-electron chi connectivity index (χ0n) is 17.1. The van der Waals surface area contributed by atoms with Gasteiger partial charge in [0, 0.05) is 23.2 Å². The van der Waals surface area contributed by atoms with E-state index in [2.05, 4.69) is 78.4 Å². The number of pyridine rings is 1. The van der Waals surface area contributed by atoms with E-state index in [9.17, 15) is 0 Å². The molecule has 0 saturated heterocycles. The van der Waals surface area contributed by atoms with Crippen molar-refractivity contribution in [3.63, 3.8) is 0 Å². The van der Waals surface area contributed by atoms with Crippen molar-refractivity contribution in [2.24, 2.45) is 0 Å². The van der Waals surface area contributed by atoms with Crippen LogP contribution in [0.5, 0.6) is 0 Å². The average Bonchev–Trinajstić information content (AvgIpc) is 3.20. The van der Waals surface area contributed by atoms with Gasteiger partial charge >= 0.3 is 0 Å². The topological polar surface area (TPSA) is 17.8 Å². The smallest absolute Gasteiger partial charge is 0.0724 e. The lowest BCUT2D eigenvalue weighted by atomic mass is 10.1. The molecule has 2 aromatic heterocycles. The van der Waals surface area contributed by atoms with Gasteiger partial charge in [-0.1, -0.05) is 66.2 Å². The predicted octanol–water partition coefficient (Wildman–Crippen LogP) is 7.44. The molecule has 0 amide bonds. The Bertz CT molecular complexity index is 1410. The Morgan fingerprint density at radius 2 is 1.74 bits per heavy atom. The second kappa shape index (κ2) is 8.41. The monoisotopic (exact) mass is 421 g/mol. The van der Waals surface area contributed by atoms with Gasteiger partial charge in [-0.3, -0.25) is 0 Å². The lowest BCUT2D eigenvalue weighted by Gasteiger charge is -2.10. The third-order valence-corrected chi connectivity index (χ3v) is 5.80. The maximum atomic E-state index is 6.11. The van der Waals surface area contributed by atoms with Crippen LogP contribution in [0.25, 0.3) is 34.0 Å². The highest BCUT2D eigenvalue weighted by Crippen LogP contribution is 2.23. The number of para-hydroxylation sites is 1. The molecule has 2 nitrogen and oxygen atoms in total. The van der Waals surface area contributed by atoms with Crippen molar-refractivity contribution in [1.82, 2.24) is 9.55 Å². The Morgan fingerprint density at radius 3 is 2.65 bits per heavy atom. The van der Waals surface area contributed by atoms with Crippen LogP contribution in [0.15, 0.2) is 85.1 Å². The fourth-order valence-corrected chi connectivity index (χ4v) is 4.21. The predicted molar refractivity (Wildman–Crippen MR) is 132 cm³/mol. The van der Waals surface area contributed by atoms with Gasteiger partial charge in [0.05, 0.1) is 16.7 Å². The van der Waals surface area contributed by atoms with Gasteiger partial charge < -0.3 is 4.57 Å². The van der Waals surface area contributed by atoms with Crippen molar-refractivity contribution >= 4 is 45.6 Å². The number of hydrogen-bond donors (Lipinski definition) is 0. The van der Waals surface area contributed by atoms with Crippen LogP contribution in [-0.2, 0) is 13.0 Å². The van der Waals surface area contributed by atoms with Crippen LogP contribution in [-0.4, -0.2) is 9.55 Å². The summed E-state index contributed by atoms with van der Waals surface area (Å²) in [5.74, 6) is 0. The van der Waals surface area contributed by atoms with E-state index in [0.29, 0.717) is 5.02 Å². The number of benzene rings is 3. The highest BCUT2D eigenvalue weighted by atomic mass is 35.5. The molecule has 0 aliphatic carbocycles. The molecular formula is C28H22ClN2. The third-order valence-electron chi connectivity index (χ3n) is 5.57. The summed E-state index contributed by atoms with van der Waals surface area (Å²) in [5.41, 5.74) is 6.79. The zero-order valence-corrected chi connectivity index (χ0v) is 17.9. The number of aromatic nitrogens is 2. The molecule has 0 bridgehead atoms. The first-order chi connectivity index (χ1) is 15.2. The van der Waals surface area contributed by atoms with Crippen LogP contribution >= 0.6 is 11.6 Å². The molecule has 0 aliphatic rings. The van der Waals surface area contributed by atoms with Crippen molar-refractivity contribution in [1.29, 1.82) is 0 Å². The van der Waals surface area contributed by atoms with Crippen LogP contribution in [0.2, 0.25) is 5.02 Å². The molecule has 0 spiro atoms. The van der Waals surface area contributed by atoms with E-state index in [1.807, 2.05) is 30.3 Å². The van der Waals surface area contributed by atoms with Crippen molar-refractivity contribution < 1.29 is 0 Å². The second-order valence-electron chi connectivity index (χ2n) is 7.70. The molecule has 0 N–H and O–H groups in total. The molecule has 2 heterocycles. The Morgan fingerprint density at radius 1 is 0.871 bits per heavy atom. The molecule has 3 aromatic carbocycles. The molecule has 3 heteroatoms. The summed E-state index contributed by atoms with van der Waals surface area (Å²) in [5, 5.41) is 3.05. The van der Waals surface area contributed by atoms with E-state index in [4.69, 9.17) is 16.6 Å². The molecule has 0 saturated carbocycles. The Kier molecular flexibility index (Phi) is 5.31. The second-order valence-corrected chi connectivity index (χ2v) is 8.14. The quantitative estimate of drug-likeness (QED) is 0.288. The molecule has 5 aromatic rings. The van der Waals surface area contributed by atoms with Gasteiger partial charge in [-0.25, -0.2) is 4.98 Å². The summed E-state index contributed by atoms with van der Waals surface area (Å²) in [6.07, 6.45) is 7.10. The van der Waals surface area contributed by atoms with Crippen molar-refractivity contribution in [2.75, 3.05) is 0 Å². The van der Waals surface area contributed by atoms with Crippen LogP contribution in [0, 0.1) is 6.92 Å². The highest BCUT2D eigenvalue weighted by Gasteiger charge is 2.06. The number of hydrogen-bond acceptors (Lipinski definition) is 1. The highest BCUT2D eigenvalue weighted by molar-refractivity contribution is 6.31. The summed E-state index contributed by atoms with van der Waals surface area (Å²) >= 11 is 6.11. The molecule has 151 valence electrons. The number of halogens is 1. The molecule has 0 atom stereocenters. The molecule has 0 aliphatic heterocycles. The van der Waals surface area contributed by atoms with Gasteiger partial charge in [0.15, 0.2) is 0 Å². The van der Waals surface area contributed by atoms with Gasteiger partial charge in [-0.05, 0) is 71.8 Å². The standard InChI is InChI=1S/C28H22ClN2/c1-2-22-7-4-8-24-15-16-31(28(22)24)19-21-6-3-5-20(17-21)9-13-26-14-11-23-10-12-25(29)18-27(23)30-26/h3-18H,1-2,19H2/b13-9+. The first-order valence-corrected chi connectivity index (χ1v) is 10.8. The zero-order chi connectivity index (χ0) is 21.2. The third kappa shape index (κ3) is 4.12. The minimum atomic E-state index is 0.702. The van der Waals surface area contributed by atoms with Gasteiger partial charge in [-0.2, -0.15) is 0 Å². The van der Waals surface area contributed by atoms with Crippen LogP contribution in [0.1, 0.15) is 22.4 Å². The first-order valence-electron chi connectivity index (χ1n) is 10.4. The maximum Gasteiger partial charge on any atom is 0.0724 e. The molecule has 0 fully saturated rings. The van der Waals surface area contributed by atoms with Crippen LogP contribution in [0.3, 0.4) is 0 Å². The minimum absolute atomic E-state index is 0.702.